The van der Waals surface area contributed by atoms with E-state index in [2.05, 4.69) is 53.3 Å². The fourth-order valence-corrected chi connectivity index (χ4v) is 2.99. The minimum absolute atomic E-state index is 0. The zero-order valence-electron chi connectivity index (χ0n) is 13.7. The van der Waals surface area contributed by atoms with Crippen LogP contribution < -0.4 is 11.1 Å². The summed E-state index contributed by atoms with van der Waals surface area (Å²) in [4.78, 5) is 6.99. The van der Waals surface area contributed by atoms with Gasteiger partial charge in [0.15, 0.2) is 5.96 Å². The van der Waals surface area contributed by atoms with E-state index in [1.54, 1.807) is 0 Å². The maximum atomic E-state index is 5.96. The van der Waals surface area contributed by atoms with E-state index in [1.807, 2.05) is 0 Å². The molecule has 4 nitrogen and oxygen atoms in total. The third kappa shape index (κ3) is 5.76. The maximum absolute atomic E-state index is 5.96. The Bertz CT molecular complexity index is 475. The highest BCUT2D eigenvalue weighted by molar-refractivity contribution is 14.0. The average Bonchev–Trinajstić information content (AvgIpc) is 2.94. The summed E-state index contributed by atoms with van der Waals surface area (Å²) in [5, 5.41) is 3.22. The molecule has 1 aliphatic rings. The van der Waals surface area contributed by atoms with Crippen LogP contribution in [-0.2, 0) is 6.42 Å². The summed E-state index contributed by atoms with van der Waals surface area (Å²) < 4.78 is 0. The van der Waals surface area contributed by atoms with Crippen LogP contribution in [0.5, 0.6) is 0 Å². The Hall–Kier alpha value is -0.820. The Labute approximate surface area is 151 Å². The number of hydrogen-bond donors (Lipinski definition) is 2. The first-order valence-corrected chi connectivity index (χ1v) is 8.03. The normalized spacial score (nSPS) is 19.0. The molecular formula is C17H29IN4. The summed E-state index contributed by atoms with van der Waals surface area (Å²) in [5.41, 5.74) is 8.66. The molecule has 2 rings (SSSR count). The standard InChI is InChI=1S/C17H28N4.HI/c1-3-21-12-6-9-16(21)13-20-17(18)19-11-10-15-8-5-4-7-14(15)2;/h4-5,7-8,16H,3,6,9-13H2,1-2H3,(H3,18,19,20);1H. The molecule has 1 unspecified atom stereocenters. The summed E-state index contributed by atoms with van der Waals surface area (Å²) >= 11 is 0. The highest BCUT2D eigenvalue weighted by atomic mass is 127. The molecule has 0 aliphatic carbocycles. The van der Waals surface area contributed by atoms with Crippen molar-refractivity contribution in [2.75, 3.05) is 26.2 Å². The van der Waals surface area contributed by atoms with Gasteiger partial charge in [0.1, 0.15) is 0 Å². The zero-order valence-corrected chi connectivity index (χ0v) is 16.0. The summed E-state index contributed by atoms with van der Waals surface area (Å²) in [5.74, 6) is 0.575. The summed E-state index contributed by atoms with van der Waals surface area (Å²) in [6.07, 6.45) is 3.51. The van der Waals surface area contributed by atoms with E-state index in [-0.39, 0.29) is 24.0 Å². The fourth-order valence-electron chi connectivity index (χ4n) is 2.99. The van der Waals surface area contributed by atoms with Gasteiger partial charge in [-0.1, -0.05) is 31.2 Å². The van der Waals surface area contributed by atoms with E-state index in [0.717, 1.165) is 26.1 Å². The summed E-state index contributed by atoms with van der Waals surface area (Å²) in [6.45, 7) is 8.33. The maximum Gasteiger partial charge on any atom is 0.188 e. The molecule has 5 heteroatoms. The Morgan fingerprint density at radius 3 is 2.91 bits per heavy atom. The van der Waals surface area contributed by atoms with Crippen LogP contribution >= 0.6 is 24.0 Å². The molecule has 3 N–H and O–H groups in total. The molecule has 1 fully saturated rings. The molecule has 0 spiro atoms. The van der Waals surface area contributed by atoms with Gasteiger partial charge in [0, 0.05) is 12.6 Å². The first kappa shape index (κ1) is 19.2. The quantitative estimate of drug-likeness (QED) is 0.426. The van der Waals surface area contributed by atoms with E-state index in [1.165, 1.54) is 30.5 Å². The molecule has 22 heavy (non-hydrogen) atoms. The van der Waals surface area contributed by atoms with E-state index in [0.29, 0.717) is 12.0 Å². The molecule has 1 aromatic carbocycles. The number of aryl methyl sites for hydroxylation is 1. The Kier molecular flexibility index (Phi) is 8.78. The molecule has 0 amide bonds. The number of likely N-dealkylation sites (N-methyl/N-ethyl adjacent to an activating group) is 1. The van der Waals surface area contributed by atoms with Crippen LogP contribution in [0.4, 0.5) is 0 Å². The minimum atomic E-state index is 0. The van der Waals surface area contributed by atoms with Crippen LogP contribution in [0, 0.1) is 6.92 Å². The lowest BCUT2D eigenvalue weighted by atomic mass is 10.1. The molecular weight excluding hydrogens is 387 g/mol. The number of halogens is 1. The smallest absolute Gasteiger partial charge is 0.188 e. The number of likely N-dealkylation sites (tertiary alicyclic amines) is 1. The molecule has 0 bridgehead atoms. The number of nitrogens with two attached hydrogens (primary N) is 1. The van der Waals surface area contributed by atoms with E-state index in [4.69, 9.17) is 5.73 Å². The van der Waals surface area contributed by atoms with Crippen LogP contribution in [0.15, 0.2) is 29.3 Å². The molecule has 1 heterocycles. The van der Waals surface area contributed by atoms with Crippen molar-refractivity contribution in [2.24, 2.45) is 10.7 Å². The minimum Gasteiger partial charge on any atom is -0.370 e. The van der Waals surface area contributed by atoms with Crippen molar-refractivity contribution in [3.63, 3.8) is 0 Å². The van der Waals surface area contributed by atoms with E-state index < -0.39 is 0 Å². The van der Waals surface area contributed by atoms with Gasteiger partial charge in [-0.25, -0.2) is 0 Å². The van der Waals surface area contributed by atoms with Crippen molar-refractivity contribution in [3.8, 4) is 0 Å². The summed E-state index contributed by atoms with van der Waals surface area (Å²) in [6, 6.07) is 9.04. The first-order chi connectivity index (χ1) is 10.2. The molecule has 124 valence electrons. The van der Waals surface area contributed by atoms with Crippen LogP contribution in [-0.4, -0.2) is 43.1 Å². The predicted molar refractivity (Wildman–Crippen MR) is 105 cm³/mol. The molecule has 1 aliphatic heterocycles. The Balaban J connectivity index is 0.00000242. The van der Waals surface area contributed by atoms with E-state index in [9.17, 15) is 0 Å². The Morgan fingerprint density at radius 1 is 1.41 bits per heavy atom. The number of nitrogens with zero attached hydrogens (tertiary/aromatic N) is 2. The van der Waals surface area contributed by atoms with Gasteiger partial charge in [0.05, 0.1) is 6.54 Å². The van der Waals surface area contributed by atoms with Crippen molar-refractivity contribution < 1.29 is 0 Å². The molecule has 0 radical (unpaired) electrons. The number of nitrogens with one attached hydrogen (secondary N) is 1. The van der Waals surface area contributed by atoms with Crippen molar-refractivity contribution in [1.82, 2.24) is 10.2 Å². The van der Waals surface area contributed by atoms with Gasteiger partial charge in [-0.2, -0.15) is 0 Å². The largest absolute Gasteiger partial charge is 0.370 e. The van der Waals surface area contributed by atoms with Gasteiger partial charge >= 0.3 is 0 Å². The molecule has 0 saturated carbocycles. The number of benzene rings is 1. The number of guanidine groups is 1. The number of hydrogen-bond acceptors (Lipinski definition) is 2. The number of rotatable bonds is 6. The second-order valence-corrected chi connectivity index (χ2v) is 5.75. The van der Waals surface area contributed by atoms with Crippen LogP contribution in [0.1, 0.15) is 30.9 Å². The second kappa shape index (κ2) is 10.0. The third-order valence-corrected chi connectivity index (χ3v) is 4.34. The van der Waals surface area contributed by atoms with Gasteiger partial charge < -0.3 is 11.1 Å². The van der Waals surface area contributed by atoms with Crippen molar-refractivity contribution in [1.29, 1.82) is 0 Å². The van der Waals surface area contributed by atoms with Crippen LogP contribution in [0.25, 0.3) is 0 Å². The molecule has 0 aromatic heterocycles. The van der Waals surface area contributed by atoms with E-state index >= 15 is 0 Å². The van der Waals surface area contributed by atoms with Gasteiger partial charge in [-0.3, -0.25) is 9.89 Å². The lowest BCUT2D eigenvalue weighted by Gasteiger charge is -2.21. The monoisotopic (exact) mass is 416 g/mol. The van der Waals surface area contributed by atoms with Crippen LogP contribution in [0.3, 0.4) is 0 Å². The highest BCUT2D eigenvalue weighted by Crippen LogP contribution is 2.16. The van der Waals surface area contributed by atoms with Gasteiger partial charge in [0.2, 0.25) is 0 Å². The third-order valence-electron chi connectivity index (χ3n) is 4.34. The van der Waals surface area contributed by atoms with Crippen LogP contribution in [0.2, 0.25) is 0 Å². The lowest BCUT2D eigenvalue weighted by molar-refractivity contribution is 0.273. The SMILES string of the molecule is CCN1CCCC1CN=C(N)NCCc1ccccc1C.I. The number of aliphatic imine (C=N–C) groups is 1. The van der Waals surface area contributed by atoms with Crippen molar-refractivity contribution >= 4 is 29.9 Å². The average molecular weight is 416 g/mol. The predicted octanol–water partition coefficient (Wildman–Crippen LogP) is 2.54. The van der Waals surface area contributed by atoms with Gasteiger partial charge in [0.25, 0.3) is 0 Å². The fraction of sp³-hybridized carbons (Fsp3) is 0.588. The molecule has 1 aromatic rings. The zero-order chi connectivity index (χ0) is 15.1. The topological polar surface area (TPSA) is 53.6 Å². The highest BCUT2D eigenvalue weighted by Gasteiger charge is 2.22. The summed E-state index contributed by atoms with van der Waals surface area (Å²) in [7, 11) is 0. The van der Waals surface area contributed by atoms with Crippen molar-refractivity contribution in [2.45, 2.75) is 39.2 Å². The lowest BCUT2D eigenvalue weighted by Crippen LogP contribution is -2.36. The second-order valence-electron chi connectivity index (χ2n) is 5.75. The Morgan fingerprint density at radius 2 is 2.18 bits per heavy atom. The van der Waals surface area contributed by atoms with Crippen molar-refractivity contribution in [3.05, 3.63) is 35.4 Å². The first-order valence-electron chi connectivity index (χ1n) is 8.03. The molecule has 1 saturated heterocycles. The van der Waals surface area contributed by atoms with Gasteiger partial charge in [-0.05, 0) is 50.4 Å². The molecule has 1 atom stereocenters. The van der Waals surface area contributed by atoms with Gasteiger partial charge in [-0.15, -0.1) is 24.0 Å².